The topological polar surface area (TPSA) is 79.1 Å². The molecule has 1 atom stereocenters. The number of aliphatic hydroxyl groups is 1. The fourth-order valence-electron chi connectivity index (χ4n) is 3.14. The van der Waals surface area contributed by atoms with E-state index in [1.54, 1.807) is 12.3 Å². The maximum atomic E-state index is 12.5. The minimum atomic E-state index is -2.56. The predicted octanol–water partition coefficient (Wildman–Crippen LogP) is 3.71. The molecule has 0 spiro atoms. The number of alkyl halides is 2. The first kappa shape index (κ1) is 19.1. The number of anilines is 3. The van der Waals surface area contributed by atoms with Gasteiger partial charge in [-0.1, -0.05) is 23.2 Å². The lowest BCUT2D eigenvalue weighted by Crippen LogP contribution is -2.21. The van der Waals surface area contributed by atoms with Gasteiger partial charge in [-0.25, -0.2) is 23.4 Å². The second-order valence-electron chi connectivity index (χ2n) is 6.49. The van der Waals surface area contributed by atoms with Gasteiger partial charge in [0.15, 0.2) is 5.15 Å². The van der Waals surface area contributed by atoms with Crippen LogP contribution >= 0.6 is 23.2 Å². The van der Waals surface area contributed by atoms with Crippen LogP contribution in [0.15, 0.2) is 24.5 Å². The van der Waals surface area contributed by atoms with Crippen molar-refractivity contribution < 1.29 is 13.9 Å². The Morgan fingerprint density at radius 2 is 2.11 bits per heavy atom. The van der Waals surface area contributed by atoms with E-state index in [1.807, 2.05) is 11.0 Å². The van der Waals surface area contributed by atoms with E-state index in [1.165, 1.54) is 6.20 Å². The van der Waals surface area contributed by atoms with Crippen molar-refractivity contribution in [3.63, 3.8) is 0 Å². The number of fused-ring (bicyclic) bond motifs is 1. The van der Waals surface area contributed by atoms with Gasteiger partial charge in [0.25, 0.3) is 6.43 Å². The highest BCUT2D eigenvalue weighted by Crippen LogP contribution is 2.33. The van der Waals surface area contributed by atoms with E-state index in [4.69, 9.17) is 23.2 Å². The van der Waals surface area contributed by atoms with Crippen LogP contribution < -0.4 is 10.2 Å². The molecule has 0 bridgehead atoms. The first-order valence-electron chi connectivity index (χ1n) is 8.56. The predicted molar refractivity (Wildman–Crippen MR) is 104 cm³/mol. The van der Waals surface area contributed by atoms with Crippen LogP contribution in [0.4, 0.5) is 26.1 Å². The SMILES string of the molecule is O[C@H]1CCN(c2cc3nc(Nc4cnn(CC(F)F)c4Cl)ncc3cc2Cl)C1. The van der Waals surface area contributed by atoms with E-state index in [0.29, 0.717) is 35.7 Å². The maximum Gasteiger partial charge on any atom is 0.257 e. The van der Waals surface area contributed by atoms with E-state index >= 15 is 0 Å². The van der Waals surface area contributed by atoms with Gasteiger partial charge in [0.05, 0.1) is 34.2 Å². The molecule has 0 aliphatic carbocycles. The summed E-state index contributed by atoms with van der Waals surface area (Å²) in [6.07, 6.45) is 0.704. The normalized spacial score (nSPS) is 17.1. The molecule has 11 heteroatoms. The van der Waals surface area contributed by atoms with Crippen molar-refractivity contribution in [2.75, 3.05) is 23.3 Å². The van der Waals surface area contributed by atoms with E-state index in [-0.39, 0.29) is 17.2 Å². The lowest BCUT2D eigenvalue weighted by Gasteiger charge is -2.19. The Kier molecular flexibility index (Phi) is 5.22. The molecule has 28 heavy (non-hydrogen) atoms. The molecule has 1 fully saturated rings. The van der Waals surface area contributed by atoms with Gasteiger partial charge in [-0.15, -0.1) is 0 Å². The smallest absolute Gasteiger partial charge is 0.257 e. The van der Waals surface area contributed by atoms with Crippen LogP contribution in [0.5, 0.6) is 0 Å². The highest BCUT2D eigenvalue weighted by molar-refractivity contribution is 6.34. The zero-order valence-corrected chi connectivity index (χ0v) is 16.0. The van der Waals surface area contributed by atoms with Crippen LogP contribution in [-0.2, 0) is 6.54 Å². The van der Waals surface area contributed by atoms with Crippen molar-refractivity contribution in [3.8, 4) is 0 Å². The number of rotatable bonds is 5. The monoisotopic (exact) mass is 428 g/mol. The fourth-order valence-corrected chi connectivity index (χ4v) is 3.64. The third kappa shape index (κ3) is 3.82. The molecular weight excluding hydrogens is 413 g/mol. The number of benzene rings is 1. The summed E-state index contributed by atoms with van der Waals surface area (Å²) in [6.45, 7) is 0.629. The zero-order chi connectivity index (χ0) is 19.8. The number of hydrogen-bond acceptors (Lipinski definition) is 6. The van der Waals surface area contributed by atoms with E-state index in [2.05, 4.69) is 20.4 Å². The number of aliphatic hydroxyl groups excluding tert-OH is 1. The van der Waals surface area contributed by atoms with Crippen molar-refractivity contribution in [3.05, 3.63) is 34.7 Å². The van der Waals surface area contributed by atoms with Crippen LogP contribution in [0.25, 0.3) is 10.9 Å². The Labute approximate surface area is 168 Å². The molecule has 148 valence electrons. The number of β-amino-alcohol motifs (C(OH)–C–C–N with tert-alkyl or cyclic N) is 1. The zero-order valence-electron chi connectivity index (χ0n) is 14.5. The molecule has 0 amide bonds. The minimum absolute atomic E-state index is 0.0480. The Balaban J connectivity index is 1.62. The molecule has 7 nitrogen and oxygen atoms in total. The Hall–Kier alpha value is -2.23. The van der Waals surface area contributed by atoms with Crippen LogP contribution in [0.1, 0.15) is 6.42 Å². The second kappa shape index (κ2) is 7.65. The molecule has 1 aliphatic rings. The Bertz CT molecular complexity index is 1010. The molecule has 4 rings (SSSR count). The third-order valence-corrected chi connectivity index (χ3v) is 5.19. The molecule has 0 unspecified atom stereocenters. The van der Waals surface area contributed by atoms with Crippen LogP contribution in [0.2, 0.25) is 10.2 Å². The Morgan fingerprint density at radius 1 is 1.29 bits per heavy atom. The summed E-state index contributed by atoms with van der Waals surface area (Å²) in [4.78, 5) is 10.7. The first-order chi connectivity index (χ1) is 13.4. The first-order valence-corrected chi connectivity index (χ1v) is 9.32. The van der Waals surface area contributed by atoms with Crippen LogP contribution in [-0.4, -0.2) is 50.5 Å². The van der Waals surface area contributed by atoms with Crippen molar-refractivity contribution in [1.29, 1.82) is 0 Å². The second-order valence-corrected chi connectivity index (χ2v) is 7.26. The van der Waals surface area contributed by atoms with Gasteiger partial charge >= 0.3 is 0 Å². The largest absolute Gasteiger partial charge is 0.391 e. The molecule has 2 N–H and O–H groups in total. The van der Waals surface area contributed by atoms with Crippen molar-refractivity contribution in [1.82, 2.24) is 19.7 Å². The average molecular weight is 429 g/mol. The molecule has 0 saturated carbocycles. The maximum absolute atomic E-state index is 12.5. The van der Waals surface area contributed by atoms with Gasteiger partial charge in [0, 0.05) is 24.7 Å². The van der Waals surface area contributed by atoms with Crippen molar-refractivity contribution in [2.24, 2.45) is 0 Å². The summed E-state index contributed by atoms with van der Waals surface area (Å²) in [5.74, 6) is 0.251. The minimum Gasteiger partial charge on any atom is -0.391 e. The van der Waals surface area contributed by atoms with Gasteiger partial charge in [0.2, 0.25) is 5.95 Å². The number of hydrogen-bond donors (Lipinski definition) is 2. The molecular formula is C17H16Cl2F2N6O. The summed E-state index contributed by atoms with van der Waals surface area (Å²) in [5, 5.41) is 17.9. The van der Waals surface area contributed by atoms with Crippen molar-refractivity contribution in [2.45, 2.75) is 25.5 Å². The lowest BCUT2D eigenvalue weighted by molar-refractivity contribution is 0.122. The number of aromatic nitrogens is 4. The number of nitrogens with zero attached hydrogens (tertiary/aromatic N) is 5. The summed E-state index contributed by atoms with van der Waals surface area (Å²) < 4.78 is 26.1. The van der Waals surface area contributed by atoms with Crippen molar-refractivity contribution >= 4 is 51.4 Å². The molecule has 1 aromatic carbocycles. The van der Waals surface area contributed by atoms with Crippen LogP contribution in [0.3, 0.4) is 0 Å². The highest BCUT2D eigenvalue weighted by Gasteiger charge is 2.23. The number of nitrogens with one attached hydrogen (secondary N) is 1. The molecule has 3 heterocycles. The van der Waals surface area contributed by atoms with Gasteiger partial charge in [-0.2, -0.15) is 5.10 Å². The number of halogens is 4. The summed E-state index contributed by atoms with van der Waals surface area (Å²) in [5.41, 5.74) is 1.77. The Morgan fingerprint density at radius 3 is 2.82 bits per heavy atom. The summed E-state index contributed by atoms with van der Waals surface area (Å²) >= 11 is 12.5. The molecule has 1 aliphatic heterocycles. The standard InChI is InChI=1S/C17H16Cl2F2N6O/c18-11-3-9-5-22-17(25-13-6-23-27(16(13)19)8-15(20)21)24-12(9)4-14(11)26-2-1-10(28)7-26/h3-6,10,15,28H,1-2,7-8H2,(H,22,24,25)/t10-/m0/s1. The van der Waals surface area contributed by atoms with E-state index < -0.39 is 13.0 Å². The third-order valence-electron chi connectivity index (χ3n) is 4.48. The fraction of sp³-hybridized carbons (Fsp3) is 0.353. The van der Waals surface area contributed by atoms with Gasteiger partial charge in [-0.05, 0) is 18.6 Å². The van der Waals surface area contributed by atoms with Crippen LogP contribution in [0, 0.1) is 0 Å². The molecule has 0 radical (unpaired) electrons. The highest BCUT2D eigenvalue weighted by atomic mass is 35.5. The summed E-state index contributed by atoms with van der Waals surface area (Å²) in [6, 6.07) is 3.61. The van der Waals surface area contributed by atoms with Gasteiger partial charge < -0.3 is 15.3 Å². The average Bonchev–Trinajstić information content (AvgIpc) is 3.22. The lowest BCUT2D eigenvalue weighted by atomic mass is 10.2. The molecule has 2 aromatic heterocycles. The van der Waals surface area contributed by atoms with Gasteiger partial charge in [0.1, 0.15) is 6.54 Å². The summed E-state index contributed by atoms with van der Waals surface area (Å²) in [7, 11) is 0. The van der Waals surface area contributed by atoms with Gasteiger partial charge in [-0.3, -0.25) is 0 Å². The van der Waals surface area contributed by atoms with E-state index in [9.17, 15) is 13.9 Å². The van der Waals surface area contributed by atoms with E-state index in [0.717, 1.165) is 15.8 Å². The molecule has 1 saturated heterocycles. The quantitative estimate of drug-likeness (QED) is 0.644. The molecule has 3 aromatic rings.